The van der Waals surface area contributed by atoms with E-state index in [9.17, 15) is 4.21 Å². The average molecular weight is 190 g/mol. The molecule has 1 rings (SSSR count). The summed E-state index contributed by atoms with van der Waals surface area (Å²) < 4.78 is 20.0. The number of hydrogen-bond acceptors (Lipinski definition) is 1. The summed E-state index contributed by atoms with van der Waals surface area (Å²) in [7, 11) is 0. The Morgan fingerprint density at radius 2 is 2.08 bits per heavy atom. The second kappa shape index (κ2) is 4.97. The summed E-state index contributed by atoms with van der Waals surface area (Å²) in [5.41, 5.74) is 0. The summed E-state index contributed by atoms with van der Waals surface area (Å²) >= 11 is -1.58. The normalized spacial score (nSPS) is 33.2. The van der Waals surface area contributed by atoms with Gasteiger partial charge in [-0.25, -0.2) is 4.21 Å². The van der Waals surface area contributed by atoms with Gasteiger partial charge in [-0.1, -0.05) is 26.2 Å². The highest BCUT2D eigenvalue weighted by atomic mass is 32.2. The monoisotopic (exact) mass is 190 g/mol. The highest BCUT2D eigenvalue weighted by Gasteiger charge is 2.28. The fourth-order valence-corrected chi connectivity index (χ4v) is 3.11. The van der Waals surface area contributed by atoms with Crippen molar-refractivity contribution in [3.05, 3.63) is 0 Å². The fourth-order valence-electron chi connectivity index (χ4n) is 2.14. The Labute approximate surface area is 77.0 Å². The van der Waals surface area contributed by atoms with Crippen LogP contribution in [0, 0.1) is 5.92 Å². The van der Waals surface area contributed by atoms with Gasteiger partial charge in [0.05, 0.1) is 5.25 Å². The number of rotatable bonds is 3. The van der Waals surface area contributed by atoms with Crippen LogP contribution in [0.3, 0.4) is 0 Å². The summed E-state index contributed by atoms with van der Waals surface area (Å²) in [5.74, 6) is 0.509. The maximum absolute atomic E-state index is 11.0. The molecule has 1 fully saturated rings. The molecule has 1 N–H and O–H groups in total. The molecule has 0 aliphatic heterocycles. The predicted molar refractivity (Wildman–Crippen MR) is 51.4 cm³/mol. The van der Waals surface area contributed by atoms with Crippen molar-refractivity contribution in [3.8, 4) is 0 Å². The van der Waals surface area contributed by atoms with Crippen LogP contribution in [0.5, 0.6) is 0 Å². The molecule has 0 radical (unpaired) electrons. The summed E-state index contributed by atoms with van der Waals surface area (Å²) in [6.45, 7) is 2.14. The molecule has 2 nitrogen and oxygen atoms in total. The minimum Gasteiger partial charge on any atom is -0.306 e. The van der Waals surface area contributed by atoms with Crippen molar-refractivity contribution in [2.75, 3.05) is 0 Å². The molecule has 3 atom stereocenters. The van der Waals surface area contributed by atoms with E-state index in [1.807, 2.05) is 0 Å². The molecule has 1 aliphatic carbocycles. The molecular weight excluding hydrogens is 172 g/mol. The zero-order valence-electron chi connectivity index (χ0n) is 7.66. The van der Waals surface area contributed by atoms with Gasteiger partial charge in [-0.05, 0) is 25.2 Å². The van der Waals surface area contributed by atoms with E-state index >= 15 is 0 Å². The van der Waals surface area contributed by atoms with E-state index in [-0.39, 0.29) is 5.25 Å². The largest absolute Gasteiger partial charge is 0.306 e. The van der Waals surface area contributed by atoms with Crippen molar-refractivity contribution >= 4 is 11.1 Å². The Bertz CT molecular complexity index is 157. The van der Waals surface area contributed by atoms with Crippen LogP contribution >= 0.6 is 0 Å². The van der Waals surface area contributed by atoms with Crippen molar-refractivity contribution in [2.24, 2.45) is 5.92 Å². The second-order valence-corrected chi connectivity index (χ2v) is 4.81. The lowest BCUT2D eigenvalue weighted by atomic mass is 9.86. The van der Waals surface area contributed by atoms with Gasteiger partial charge in [-0.2, -0.15) is 0 Å². The van der Waals surface area contributed by atoms with Crippen LogP contribution in [0.15, 0.2) is 0 Å². The van der Waals surface area contributed by atoms with E-state index in [2.05, 4.69) is 6.92 Å². The third-order valence-electron chi connectivity index (χ3n) is 2.76. The fraction of sp³-hybridized carbons (Fsp3) is 1.00. The maximum Gasteiger partial charge on any atom is 0.156 e. The molecular formula is C9H18O2S. The van der Waals surface area contributed by atoms with Gasteiger partial charge in [0.2, 0.25) is 0 Å². The Hall–Kier alpha value is 0.110. The molecule has 3 unspecified atom stereocenters. The van der Waals surface area contributed by atoms with Crippen molar-refractivity contribution in [1.29, 1.82) is 0 Å². The van der Waals surface area contributed by atoms with Crippen LogP contribution in [-0.2, 0) is 11.1 Å². The van der Waals surface area contributed by atoms with Crippen LogP contribution in [0.25, 0.3) is 0 Å². The van der Waals surface area contributed by atoms with Crippen LogP contribution in [-0.4, -0.2) is 14.0 Å². The Morgan fingerprint density at radius 1 is 1.42 bits per heavy atom. The van der Waals surface area contributed by atoms with Gasteiger partial charge in [0.1, 0.15) is 0 Å². The minimum absolute atomic E-state index is 0.0682. The van der Waals surface area contributed by atoms with E-state index in [1.54, 1.807) is 0 Å². The van der Waals surface area contributed by atoms with E-state index in [4.69, 9.17) is 4.55 Å². The molecule has 1 saturated carbocycles. The first-order valence-corrected chi connectivity index (χ1v) is 6.02. The molecule has 72 valence electrons. The van der Waals surface area contributed by atoms with Crippen molar-refractivity contribution < 1.29 is 8.76 Å². The Morgan fingerprint density at radius 3 is 2.67 bits per heavy atom. The summed E-state index contributed by atoms with van der Waals surface area (Å²) in [6.07, 6.45) is 6.75. The van der Waals surface area contributed by atoms with Crippen molar-refractivity contribution in [1.82, 2.24) is 0 Å². The summed E-state index contributed by atoms with van der Waals surface area (Å²) in [5, 5.41) is 0.0682. The smallest absolute Gasteiger partial charge is 0.156 e. The summed E-state index contributed by atoms with van der Waals surface area (Å²) in [4.78, 5) is 0. The molecule has 0 aromatic carbocycles. The van der Waals surface area contributed by atoms with Crippen molar-refractivity contribution in [2.45, 2.75) is 50.7 Å². The molecule has 12 heavy (non-hydrogen) atoms. The molecule has 0 amide bonds. The van der Waals surface area contributed by atoms with Gasteiger partial charge in [-0.3, -0.25) is 0 Å². The van der Waals surface area contributed by atoms with Gasteiger partial charge in [0, 0.05) is 0 Å². The molecule has 0 spiro atoms. The third kappa shape index (κ3) is 2.56. The highest BCUT2D eigenvalue weighted by molar-refractivity contribution is 7.79. The topological polar surface area (TPSA) is 37.3 Å². The van der Waals surface area contributed by atoms with E-state index in [0.29, 0.717) is 5.92 Å². The molecule has 0 bridgehead atoms. The Kier molecular flexibility index (Phi) is 4.22. The molecule has 0 aromatic heterocycles. The number of hydrogen-bond donors (Lipinski definition) is 1. The lowest BCUT2D eigenvalue weighted by Gasteiger charge is -2.28. The molecule has 0 aromatic rings. The second-order valence-electron chi connectivity index (χ2n) is 3.65. The molecule has 0 saturated heterocycles. The van der Waals surface area contributed by atoms with Crippen molar-refractivity contribution in [3.63, 3.8) is 0 Å². The summed E-state index contributed by atoms with van der Waals surface area (Å²) in [6, 6.07) is 0. The maximum atomic E-state index is 11.0. The standard InChI is InChI=1S/C9H18O2S/c1-2-5-8-6-3-4-7-9(8)12(10)11/h8-9H,2-7H2,1H3,(H,10,11). The molecule has 3 heteroatoms. The van der Waals surface area contributed by atoms with Gasteiger partial charge in [0.25, 0.3) is 0 Å². The lowest BCUT2D eigenvalue weighted by Crippen LogP contribution is -2.28. The lowest BCUT2D eigenvalue weighted by molar-refractivity contribution is 0.332. The average Bonchev–Trinajstić information content (AvgIpc) is 2.05. The first kappa shape index (κ1) is 10.2. The first-order valence-electron chi connectivity index (χ1n) is 4.85. The van der Waals surface area contributed by atoms with E-state index in [0.717, 1.165) is 32.1 Å². The van der Waals surface area contributed by atoms with Crippen LogP contribution in [0.1, 0.15) is 45.4 Å². The minimum atomic E-state index is -1.58. The van der Waals surface area contributed by atoms with Gasteiger partial charge in [0.15, 0.2) is 11.1 Å². The third-order valence-corrected chi connectivity index (χ3v) is 3.90. The quantitative estimate of drug-likeness (QED) is 0.694. The SMILES string of the molecule is CCCC1CCCCC1S(=O)O. The zero-order valence-corrected chi connectivity index (χ0v) is 8.48. The van der Waals surface area contributed by atoms with Crippen LogP contribution < -0.4 is 0 Å². The molecule has 0 heterocycles. The molecule has 1 aliphatic rings. The van der Waals surface area contributed by atoms with Gasteiger partial charge in [-0.15, -0.1) is 0 Å². The Balaban J connectivity index is 2.48. The van der Waals surface area contributed by atoms with Gasteiger partial charge < -0.3 is 4.55 Å². The highest BCUT2D eigenvalue weighted by Crippen LogP contribution is 2.30. The van der Waals surface area contributed by atoms with Gasteiger partial charge >= 0.3 is 0 Å². The first-order chi connectivity index (χ1) is 5.75. The zero-order chi connectivity index (χ0) is 8.97. The van der Waals surface area contributed by atoms with Crippen LogP contribution in [0.4, 0.5) is 0 Å². The van der Waals surface area contributed by atoms with E-state index in [1.165, 1.54) is 6.42 Å². The predicted octanol–water partition coefficient (Wildman–Crippen LogP) is 2.57. The van der Waals surface area contributed by atoms with Crippen LogP contribution in [0.2, 0.25) is 0 Å². The van der Waals surface area contributed by atoms with E-state index < -0.39 is 11.1 Å².